The van der Waals surface area contributed by atoms with Crippen LogP contribution in [0.4, 0.5) is 4.79 Å². The number of thiol groups is 1. The number of rotatable bonds is 11. The molecule has 0 fully saturated rings. The predicted octanol–water partition coefficient (Wildman–Crippen LogP) is 4.32. The second-order valence-electron chi connectivity index (χ2n) is 9.32. The molecule has 0 aromatic heterocycles. The maximum atomic E-state index is 13.6. The third-order valence-corrected chi connectivity index (χ3v) is 5.39. The molecule has 33 heavy (non-hydrogen) atoms. The number of nitrogens with one attached hydrogen (secondary N) is 2. The van der Waals surface area contributed by atoms with E-state index in [1.807, 2.05) is 39.0 Å². The Morgan fingerprint density at radius 3 is 2.30 bits per heavy atom. The standard InChI is InChI=1S/C25H41N3O4S/c1-8-10-13-26-22(29)21(19-12-11-17(3)15-18(19)4)28(14-9-2)23(30)20(16-33)27-24(31)32-25(5,6)7/h11-12,15,20-21,33H,8-10,13-14,16H2,1-7H3,(H,26,29)(H,27,31). The highest BCUT2D eigenvalue weighted by Gasteiger charge is 2.36. The number of aryl methyl sites for hydroxylation is 2. The van der Waals surface area contributed by atoms with Crippen molar-refractivity contribution in [3.8, 4) is 0 Å². The number of amides is 3. The summed E-state index contributed by atoms with van der Waals surface area (Å²) < 4.78 is 5.32. The van der Waals surface area contributed by atoms with Gasteiger partial charge in [-0.1, -0.05) is 44.0 Å². The highest BCUT2D eigenvalue weighted by molar-refractivity contribution is 7.80. The monoisotopic (exact) mass is 479 g/mol. The zero-order valence-corrected chi connectivity index (χ0v) is 22.1. The topological polar surface area (TPSA) is 87.7 Å². The van der Waals surface area contributed by atoms with Gasteiger partial charge in [-0.2, -0.15) is 12.6 Å². The van der Waals surface area contributed by atoms with Crippen LogP contribution < -0.4 is 10.6 Å². The molecule has 0 bridgehead atoms. The molecule has 8 heteroatoms. The van der Waals surface area contributed by atoms with Crippen molar-refractivity contribution in [2.45, 2.75) is 85.4 Å². The smallest absolute Gasteiger partial charge is 0.408 e. The first-order chi connectivity index (χ1) is 15.4. The SMILES string of the molecule is CCCCNC(=O)C(c1ccc(C)cc1C)N(CCC)C(=O)C(CS)NC(=O)OC(C)(C)C. The van der Waals surface area contributed by atoms with Crippen LogP contribution in [0.2, 0.25) is 0 Å². The normalized spacial score (nSPS) is 13.1. The quantitative estimate of drug-likeness (QED) is 0.326. The molecule has 1 aromatic carbocycles. The maximum Gasteiger partial charge on any atom is 0.408 e. The number of carbonyl (C=O) groups is 3. The van der Waals surface area contributed by atoms with Crippen molar-refractivity contribution < 1.29 is 19.1 Å². The van der Waals surface area contributed by atoms with E-state index in [1.54, 1.807) is 25.7 Å². The van der Waals surface area contributed by atoms with Gasteiger partial charge in [0.1, 0.15) is 17.7 Å². The lowest BCUT2D eigenvalue weighted by Crippen LogP contribution is -2.54. The molecular formula is C25H41N3O4S. The van der Waals surface area contributed by atoms with Crippen LogP contribution in [0.15, 0.2) is 18.2 Å². The summed E-state index contributed by atoms with van der Waals surface area (Å²) in [5, 5.41) is 5.61. The minimum atomic E-state index is -0.925. The Morgan fingerprint density at radius 2 is 1.79 bits per heavy atom. The van der Waals surface area contributed by atoms with Gasteiger partial charge < -0.3 is 20.3 Å². The van der Waals surface area contributed by atoms with Crippen molar-refractivity contribution in [3.63, 3.8) is 0 Å². The summed E-state index contributed by atoms with van der Waals surface area (Å²) in [5.74, 6) is -0.518. The minimum absolute atomic E-state index is 0.0787. The molecule has 7 nitrogen and oxygen atoms in total. The number of benzene rings is 1. The van der Waals surface area contributed by atoms with Crippen LogP contribution in [0.25, 0.3) is 0 Å². The van der Waals surface area contributed by atoms with Crippen LogP contribution in [-0.4, -0.2) is 53.3 Å². The molecular weight excluding hydrogens is 438 g/mol. The van der Waals surface area contributed by atoms with Gasteiger partial charge in [0.25, 0.3) is 0 Å². The first-order valence-corrected chi connectivity index (χ1v) is 12.3. The van der Waals surface area contributed by atoms with Crippen molar-refractivity contribution in [1.82, 2.24) is 15.5 Å². The molecule has 0 aliphatic carbocycles. The predicted molar refractivity (Wildman–Crippen MR) is 136 cm³/mol. The number of hydrogen-bond acceptors (Lipinski definition) is 5. The lowest BCUT2D eigenvalue weighted by molar-refractivity contribution is -0.142. The Bertz CT molecular complexity index is 807. The van der Waals surface area contributed by atoms with Gasteiger partial charge in [0.2, 0.25) is 11.8 Å². The molecule has 0 radical (unpaired) electrons. The Morgan fingerprint density at radius 1 is 1.12 bits per heavy atom. The van der Waals surface area contributed by atoms with Crippen LogP contribution in [0.3, 0.4) is 0 Å². The molecule has 0 aliphatic rings. The van der Waals surface area contributed by atoms with Gasteiger partial charge in [-0.3, -0.25) is 9.59 Å². The largest absolute Gasteiger partial charge is 0.444 e. The van der Waals surface area contributed by atoms with Crippen molar-refractivity contribution >= 4 is 30.5 Å². The Hall–Kier alpha value is -2.22. The fourth-order valence-corrected chi connectivity index (χ4v) is 3.76. The number of carbonyl (C=O) groups excluding carboxylic acids is 3. The number of ether oxygens (including phenoxy) is 1. The van der Waals surface area contributed by atoms with Gasteiger partial charge >= 0.3 is 6.09 Å². The average Bonchev–Trinajstić information content (AvgIpc) is 2.71. The van der Waals surface area contributed by atoms with Gasteiger partial charge in [-0.15, -0.1) is 0 Å². The van der Waals surface area contributed by atoms with Crippen molar-refractivity contribution in [1.29, 1.82) is 0 Å². The van der Waals surface area contributed by atoms with Gasteiger partial charge in [0, 0.05) is 18.8 Å². The first kappa shape index (κ1) is 28.8. The summed E-state index contributed by atoms with van der Waals surface area (Å²) in [4.78, 5) is 40.9. The number of nitrogens with zero attached hydrogens (tertiary/aromatic N) is 1. The number of hydrogen-bond donors (Lipinski definition) is 3. The van der Waals surface area contributed by atoms with Crippen molar-refractivity contribution in [3.05, 3.63) is 34.9 Å². The Labute approximate surface area is 204 Å². The van der Waals surface area contributed by atoms with Crippen LogP contribution in [0.1, 0.15) is 76.6 Å². The molecule has 2 atom stereocenters. The van der Waals surface area contributed by atoms with E-state index in [4.69, 9.17) is 4.74 Å². The molecule has 2 N–H and O–H groups in total. The van der Waals surface area contributed by atoms with E-state index in [1.165, 1.54) is 0 Å². The van der Waals surface area contributed by atoms with Crippen LogP contribution in [0, 0.1) is 13.8 Å². The summed E-state index contributed by atoms with van der Waals surface area (Å²) >= 11 is 4.30. The third-order valence-electron chi connectivity index (χ3n) is 5.03. The summed E-state index contributed by atoms with van der Waals surface area (Å²) in [5.41, 5.74) is 2.08. The molecule has 0 spiro atoms. The highest BCUT2D eigenvalue weighted by atomic mass is 32.1. The van der Waals surface area contributed by atoms with E-state index in [0.29, 0.717) is 19.5 Å². The zero-order chi connectivity index (χ0) is 25.2. The van der Waals surface area contributed by atoms with Crippen molar-refractivity contribution in [2.75, 3.05) is 18.8 Å². The number of unbranched alkanes of at least 4 members (excludes halogenated alkanes) is 1. The lowest BCUT2D eigenvalue weighted by atomic mass is 9.96. The van der Waals surface area contributed by atoms with Gasteiger partial charge in [-0.05, 0) is 58.6 Å². The van der Waals surface area contributed by atoms with Crippen LogP contribution >= 0.6 is 12.6 Å². The molecule has 186 valence electrons. The van der Waals surface area contributed by atoms with E-state index in [-0.39, 0.29) is 17.6 Å². The van der Waals surface area contributed by atoms with E-state index in [2.05, 4.69) is 30.2 Å². The van der Waals surface area contributed by atoms with Crippen LogP contribution in [-0.2, 0) is 14.3 Å². The molecule has 1 rings (SSSR count). The fraction of sp³-hybridized carbons (Fsp3) is 0.640. The van der Waals surface area contributed by atoms with Gasteiger partial charge in [-0.25, -0.2) is 4.79 Å². The first-order valence-electron chi connectivity index (χ1n) is 11.7. The van der Waals surface area contributed by atoms with Gasteiger partial charge in [0.15, 0.2) is 0 Å². The molecule has 0 saturated heterocycles. The average molecular weight is 480 g/mol. The van der Waals surface area contributed by atoms with E-state index < -0.39 is 23.8 Å². The summed E-state index contributed by atoms with van der Waals surface area (Å²) in [6.45, 7) is 14.1. The molecule has 0 aliphatic heterocycles. The molecule has 0 heterocycles. The second-order valence-corrected chi connectivity index (χ2v) is 9.69. The van der Waals surface area contributed by atoms with Crippen LogP contribution in [0.5, 0.6) is 0 Å². The van der Waals surface area contributed by atoms with Gasteiger partial charge in [0.05, 0.1) is 0 Å². The fourth-order valence-electron chi connectivity index (χ4n) is 3.51. The summed E-state index contributed by atoms with van der Waals surface area (Å²) in [6.07, 6.45) is 1.77. The molecule has 3 amide bonds. The summed E-state index contributed by atoms with van der Waals surface area (Å²) in [7, 11) is 0. The van der Waals surface area contributed by atoms with E-state index in [9.17, 15) is 14.4 Å². The second kappa shape index (κ2) is 13.5. The van der Waals surface area contributed by atoms with E-state index in [0.717, 1.165) is 29.5 Å². The number of alkyl carbamates (subject to hydrolysis) is 1. The Kier molecular flexibility index (Phi) is 11.8. The van der Waals surface area contributed by atoms with E-state index >= 15 is 0 Å². The van der Waals surface area contributed by atoms with Crippen molar-refractivity contribution in [2.24, 2.45) is 0 Å². The zero-order valence-electron chi connectivity index (χ0n) is 21.2. The molecule has 0 saturated carbocycles. The lowest BCUT2D eigenvalue weighted by Gasteiger charge is -2.34. The highest BCUT2D eigenvalue weighted by Crippen LogP contribution is 2.27. The molecule has 1 aromatic rings. The summed E-state index contributed by atoms with van der Waals surface area (Å²) in [6, 6.07) is 4.12. The molecule has 2 unspecified atom stereocenters. The Balaban J connectivity index is 3.33. The minimum Gasteiger partial charge on any atom is -0.444 e. The maximum absolute atomic E-state index is 13.6. The third kappa shape index (κ3) is 9.27.